The average Bonchev–Trinajstić information content (AvgIpc) is 3.04. The number of esters is 1. The summed E-state index contributed by atoms with van der Waals surface area (Å²) in [6.45, 7) is 1.89. The highest BCUT2D eigenvalue weighted by Crippen LogP contribution is 2.41. The highest BCUT2D eigenvalue weighted by molar-refractivity contribution is 9.10. The van der Waals surface area contributed by atoms with Crippen LogP contribution >= 0.6 is 27.3 Å². The van der Waals surface area contributed by atoms with E-state index in [0.29, 0.717) is 22.6 Å². The molecule has 0 saturated heterocycles. The highest BCUT2D eigenvalue weighted by Gasteiger charge is 2.16. The van der Waals surface area contributed by atoms with Gasteiger partial charge in [0.15, 0.2) is 18.1 Å². The van der Waals surface area contributed by atoms with Gasteiger partial charge in [-0.2, -0.15) is 0 Å². The lowest BCUT2D eigenvalue weighted by molar-refractivity contribution is -0.145. The molecule has 0 bridgehead atoms. The normalized spacial score (nSPS) is 10.7. The van der Waals surface area contributed by atoms with E-state index in [2.05, 4.69) is 20.9 Å². The van der Waals surface area contributed by atoms with Gasteiger partial charge in [-0.25, -0.2) is 9.78 Å². The van der Waals surface area contributed by atoms with Crippen LogP contribution in [-0.4, -0.2) is 31.3 Å². The molecular formula is C18H16BrNO4S. The Morgan fingerprint density at radius 2 is 2.08 bits per heavy atom. The first-order chi connectivity index (χ1) is 12.1. The number of ether oxygens (including phenoxy) is 3. The summed E-state index contributed by atoms with van der Waals surface area (Å²) in [5.41, 5.74) is 1.87. The summed E-state index contributed by atoms with van der Waals surface area (Å²) in [5, 5.41) is 0.886. The Hall–Kier alpha value is -2.12. The minimum atomic E-state index is -0.424. The number of fused-ring (bicyclic) bond motifs is 1. The summed E-state index contributed by atoms with van der Waals surface area (Å²) < 4.78 is 17.7. The monoisotopic (exact) mass is 421 g/mol. The first kappa shape index (κ1) is 17.7. The van der Waals surface area contributed by atoms with Crippen molar-refractivity contribution in [1.82, 2.24) is 4.98 Å². The van der Waals surface area contributed by atoms with E-state index >= 15 is 0 Å². The van der Waals surface area contributed by atoms with Crippen LogP contribution in [0.5, 0.6) is 11.5 Å². The number of hydrogen-bond acceptors (Lipinski definition) is 6. The summed E-state index contributed by atoms with van der Waals surface area (Å²) in [6, 6.07) is 11.7. The minimum absolute atomic E-state index is 0.177. The molecule has 3 aromatic rings. The fourth-order valence-electron chi connectivity index (χ4n) is 2.31. The first-order valence-corrected chi connectivity index (χ1v) is 9.25. The molecule has 0 N–H and O–H groups in total. The van der Waals surface area contributed by atoms with E-state index in [0.717, 1.165) is 20.8 Å². The number of hydrogen-bond donors (Lipinski definition) is 0. The zero-order valence-electron chi connectivity index (χ0n) is 13.7. The summed E-state index contributed by atoms with van der Waals surface area (Å²) >= 11 is 5.10. The lowest BCUT2D eigenvalue weighted by atomic mass is 10.2. The van der Waals surface area contributed by atoms with Gasteiger partial charge in [0.05, 0.1) is 28.4 Å². The third-order valence-electron chi connectivity index (χ3n) is 3.41. The molecule has 0 radical (unpaired) electrons. The van der Waals surface area contributed by atoms with Crippen LogP contribution in [-0.2, 0) is 9.53 Å². The summed E-state index contributed by atoms with van der Waals surface area (Å²) in [4.78, 5) is 16.2. The number of para-hydroxylation sites is 1. The van der Waals surface area contributed by atoms with Crippen molar-refractivity contribution < 1.29 is 19.0 Å². The topological polar surface area (TPSA) is 57.7 Å². The highest BCUT2D eigenvalue weighted by atomic mass is 79.9. The first-order valence-electron chi connectivity index (χ1n) is 7.64. The molecular weight excluding hydrogens is 406 g/mol. The van der Waals surface area contributed by atoms with Gasteiger partial charge < -0.3 is 14.2 Å². The van der Waals surface area contributed by atoms with Gasteiger partial charge in [-0.1, -0.05) is 12.1 Å². The lowest BCUT2D eigenvalue weighted by Crippen LogP contribution is -2.15. The summed E-state index contributed by atoms with van der Waals surface area (Å²) in [6.07, 6.45) is 0. The van der Waals surface area contributed by atoms with Crippen LogP contribution < -0.4 is 9.47 Å². The predicted octanol–water partition coefficient (Wildman–Crippen LogP) is 4.68. The quantitative estimate of drug-likeness (QED) is 0.540. The summed E-state index contributed by atoms with van der Waals surface area (Å²) in [5.74, 6) is 0.556. The Bertz CT molecular complexity index is 876. The van der Waals surface area contributed by atoms with E-state index in [-0.39, 0.29) is 6.61 Å². The van der Waals surface area contributed by atoms with Gasteiger partial charge in [-0.15, -0.1) is 11.3 Å². The Morgan fingerprint density at radius 1 is 1.28 bits per heavy atom. The second-order valence-corrected chi connectivity index (χ2v) is 6.95. The van der Waals surface area contributed by atoms with E-state index in [1.807, 2.05) is 36.4 Å². The van der Waals surface area contributed by atoms with Gasteiger partial charge in [-0.3, -0.25) is 0 Å². The molecule has 0 unspecified atom stereocenters. The fourth-order valence-corrected chi connectivity index (χ4v) is 3.82. The van der Waals surface area contributed by atoms with E-state index in [9.17, 15) is 4.79 Å². The Kier molecular flexibility index (Phi) is 5.55. The SMILES string of the molecule is CCOC(=O)COc1c(Br)cc(-c2nc3ccccc3s2)cc1OC. The van der Waals surface area contributed by atoms with Crippen molar-refractivity contribution in [3.05, 3.63) is 40.9 Å². The molecule has 3 rings (SSSR count). The molecule has 0 fully saturated rings. The molecule has 0 amide bonds. The van der Waals surface area contributed by atoms with Crippen molar-refractivity contribution in [3.63, 3.8) is 0 Å². The molecule has 25 heavy (non-hydrogen) atoms. The molecule has 0 aliphatic heterocycles. The van der Waals surface area contributed by atoms with Crippen molar-refractivity contribution >= 4 is 43.5 Å². The van der Waals surface area contributed by atoms with Crippen molar-refractivity contribution in [2.75, 3.05) is 20.3 Å². The second kappa shape index (κ2) is 7.84. The van der Waals surface area contributed by atoms with E-state index in [1.165, 1.54) is 0 Å². The molecule has 7 heteroatoms. The minimum Gasteiger partial charge on any atom is -0.493 e. The smallest absolute Gasteiger partial charge is 0.344 e. The van der Waals surface area contributed by atoms with Gasteiger partial charge in [0, 0.05) is 5.56 Å². The molecule has 0 aliphatic carbocycles. The number of benzene rings is 2. The summed E-state index contributed by atoms with van der Waals surface area (Å²) in [7, 11) is 1.56. The van der Waals surface area contributed by atoms with Crippen LogP contribution in [0, 0.1) is 0 Å². The molecule has 1 aromatic heterocycles. The maximum Gasteiger partial charge on any atom is 0.344 e. The molecule has 1 heterocycles. The molecule has 0 spiro atoms. The number of carbonyl (C=O) groups excluding carboxylic acids is 1. The fraction of sp³-hybridized carbons (Fsp3) is 0.222. The number of carbonyl (C=O) groups is 1. The molecule has 130 valence electrons. The maximum absolute atomic E-state index is 11.5. The van der Waals surface area contributed by atoms with Gasteiger partial charge >= 0.3 is 5.97 Å². The number of thiazole rings is 1. The average molecular weight is 422 g/mol. The second-order valence-electron chi connectivity index (χ2n) is 5.07. The van der Waals surface area contributed by atoms with Gasteiger partial charge in [0.25, 0.3) is 0 Å². The van der Waals surface area contributed by atoms with Gasteiger partial charge in [0.1, 0.15) is 5.01 Å². The molecule has 2 aromatic carbocycles. The van der Waals surface area contributed by atoms with Crippen LogP contribution in [0.1, 0.15) is 6.92 Å². The molecule has 0 aliphatic rings. The van der Waals surface area contributed by atoms with Crippen LogP contribution in [0.2, 0.25) is 0 Å². The molecule has 0 saturated carbocycles. The van der Waals surface area contributed by atoms with Crippen LogP contribution in [0.3, 0.4) is 0 Å². The molecule has 0 atom stereocenters. The standard InChI is InChI=1S/C18H16BrNO4S/c1-3-23-16(21)10-24-17-12(19)8-11(9-14(17)22-2)18-20-13-6-4-5-7-15(13)25-18/h4-9H,3,10H2,1-2H3. The van der Waals surface area contributed by atoms with E-state index < -0.39 is 5.97 Å². The molecule has 5 nitrogen and oxygen atoms in total. The third-order valence-corrected chi connectivity index (χ3v) is 5.08. The number of halogens is 1. The van der Waals surface area contributed by atoms with Gasteiger partial charge in [-0.05, 0) is 47.1 Å². The third kappa shape index (κ3) is 3.93. The number of aromatic nitrogens is 1. The Balaban J connectivity index is 1.92. The van der Waals surface area contributed by atoms with Crippen LogP contribution in [0.25, 0.3) is 20.8 Å². The van der Waals surface area contributed by atoms with Crippen LogP contribution in [0.4, 0.5) is 0 Å². The largest absolute Gasteiger partial charge is 0.493 e. The van der Waals surface area contributed by atoms with E-state index in [4.69, 9.17) is 14.2 Å². The maximum atomic E-state index is 11.5. The number of rotatable bonds is 6. The number of nitrogens with zero attached hydrogens (tertiary/aromatic N) is 1. The lowest BCUT2D eigenvalue weighted by Gasteiger charge is -2.13. The number of methoxy groups -OCH3 is 1. The van der Waals surface area contributed by atoms with Crippen molar-refractivity contribution in [2.24, 2.45) is 0 Å². The van der Waals surface area contributed by atoms with E-state index in [1.54, 1.807) is 25.4 Å². The van der Waals surface area contributed by atoms with Gasteiger partial charge in [0.2, 0.25) is 0 Å². The van der Waals surface area contributed by atoms with Crippen molar-refractivity contribution in [3.8, 4) is 22.1 Å². The zero-order valence-corrected chi connectivity index (χ0v) is 16.1. The van der Waals surface area contributed by atoms with Crippen LogP contribution in [0.15, 0.2) is 40.9 Å². The Labute approximate surface area is 157 Å². The van der Waals surface area contributed by atoms with Crippen molar-refractivity contribution in [2.45, 2.75) is 6.92 Å². The zero-order chi connectivity index (χ0) is 17.8. The Morgan fingerprint density at radius 3 is 2.80 bits per heavy atom. The van der Waals surface area contributed by atoms with Crippen molar-refractivity contribution in [1.29, 1.82) is 0 Å². The predicted molar refractivity (Wildman–Crippen MR) is 101 cm³/mol.